The first-order valence-electron chi connectivity index (χ1n) is 13.2. The van der Waals surface area contributed by atoms with Crippen LogP contribution < -0.4 is 15.0 Å². The van der Waals surface area contributed by atoms with Gasteiger partial charge in [0.05, 0.1) is 18.7 Å². The lowest BCUT2D eigenvalue weighted by molar-refractivity contribution is -0.124. The van der Waals surface area contributed by atoms with Crippen molar-refractivity contribution < 1.29 is 14.3 Å². The Kier molecular flexibility index (Phi) is 9.49. The van der Waals surface area contributed by atoms with E-state index in [4.69, 9.17) is 17.0 Å². The zero-order chi connectivity index (χ0) is 26.2. The second kappa shape index (κ2) is 13.0. The van der Waals surface area contributed by atoms with Gasteiger partial charge in [0.1, 0.15) is 11.8 Å². The summed E-state index contributed by atoms with van der Waals surface area (Å²) in [4.78, 5) is 35.0. The van der Waals surface area contributed by atoms with Gasteiger partial charge in [0.2, 0.25) is 5.91 Å². The summed E-state index contributed by atoms with van der Waals surface area (Å²) in [5.41, 5.74) is 1.40. The predicted octanol–water partition coefficient (Wildman–Crippen LogP) is 3.44. The van der Waals surface area contributed by atoms with E-state index in [1.54, 1.807) is 17.0 Å². The van der Waals surface area contributed by atoms with Crippen molar-refractivity contribution in [1.82, 2.24) is 14.7 Å². The molecule has 2 amide bonds. The number of ether oxygens (including phenoxy) is 1. The minimum Gasteiger partial charge on any atom is -0.494 e. The average Bonchev–Trinajstić information content (AvgIpc) is 3.14. The molecule has 0 aromatic heterocycles. The summed E-state index contributed by atoms with van der Waals surface area (Å²) >= 11 is 5.79. The first-order valence-corrected chi connectivity index (χ1v) is 13.6. The van der Waals surface area contributed by atoms with E-state index >= 15 is 0 Å². The van der Waals surface area contributed by atoms with Crippen molar-refractivity contribution in [3.63, 3.8) is 0 Å². The molecule has 1 unspecified atom stereocenters. The van der Waals surface area contributed by atoms with Gasteiger partial charge in [-0.25, -0.2) is 0 Å². The van der Waals surface area contributed by atoms with E-state index in [1.807, 2.05) is 54.3 Å². The lowest BCUT2D eigenvalue weighted by Gasteiger charge is -2.34. The van der Waals surface area contributed by atoms with E-state index in [-0.39, 0.29) is 18.2 Å². The van der Waals surface area contributed by atoms with Crippen molar-refractivity contribution in [2.45, 2.75) is 32.7 Å². The number of nitrogens with one attached hydrogen (secondary N) is 1. The van der Waals surface area contributed by atoms with E-state index in [0.29, 0.717) is 24.0 Å². The van der Waals surface area contributed by atoms with Crippen LogP contribution in [0, 0.1) is 0 Å². The normalized spacial score (nSPS) is 18.9. The van der Waals surface area contributed by atoms with Crippen molar-refractivity contribution in [3.05, 3.63) is 54.6 Å². The Labute approximate surface area is 225 Å². The molecular weight excluding hydrogens is 486 g/mol. The molecule has 2 heterocycles. The molecule has 2 aliphatic heterocycles. The van der Waals surface area contributed by atoms with E-state index in [2.05, 4.69) is 22.0 Å². The van der Waals surface area contributed by atoms with Gasteiger partial charge in [0.15, 0.2) is 5.11 Å². The standard InChI is InChI=1S/C28H37N5O3S/c1-3-30-17-19-31(20-18-30)15-8-16-32-25(27(35)33(28(32)37)23-9-6-5-7-10-23)21-26(34)29-22-11-13-24(14-12-22)36-4-2/h5-7,9-14,25H,3-4,8,15-21H2,1-2H3,(H,29,34). The number of piperazine rings is 1. The van der Waals surface area contributed by atoms with Gasteiger partial charge in [-0.2, -0.15) is 0 Å². The number of benzene rings is 2. The fourth-order valence-corrected chi connectivity index (χ4v) is 5.30. The van der Waals surface area contributed by atoms with Crippen molar-refractivity contribution >= 4 is 40.5 Å². The maximum absolute atomic E-state index is 13.5. The van der Waals surface area contributed by atoms with Crippen LogP contribution in [0.1, 0.15) is 26.7 Å². The monoisotopic (exact) mass is 523 g/mol. The zero-order valence-corrected chi connectivity index (χ0v) is 22.6. The smallest absolute Gasteiger partial charge is 0.256 e. The summed E-state index contributed by atoms with van der Waals surface area (Å²) in [6.07, 6.45) is 0.907. The van der Waals surface area contributed by atoms with Crippen LogP contribution >= 0.6 is 12.2 Å². The summed E-state index contributed by atoms with van der Waals surface area (Å²) in [5.74, 6) is 0.369. The van der Waals surface area contributed by atoms with Gasteiger partial charge in [0.25, 0.3) is 5.91 Å². The van der Waals surface area contributed by atoms with Crippen LogP contribution in [0.5, 0.6) is 5.75 Å². The molecule has 8 nitrogen and oxygen atoms in total. The topological polar surface area (TPSA) is 68.4 Å². The Morgan fingerprint density at radius 3 is 2.30 bits per heavy atom. The van der Waals surface area contributed by atoms with Crippen molar-refractivity contribution in [2.75, 3.05) is 62.6 Å². The fourth-order valence-electron chi connectivity index (χ4n) is 4.88. The summed E-state index contributed by atoms with van der Waals surface area (Å²) in [5, 5.41) is 3.38. The molecule has 0 saturated carbocycles. The molecule has 0 spiro atoms. The van der Waals surface area contributed by atoms with Gasteiger partial charge in [-0.3, -0.25) is 14.5 Å². The van der Waals surface area contributed by atoms with E-state index in [9.17, 15) is 9.59 Å². The largest absolute Gasteiger partial charge is 0.494 e. The number of nitrogens with zero attached hydrogens (tertiary/aromatic N) is 4. The molecule has 9 heteroatoms. The maximum Gasteiger partial charge on any atom is 0.256 e. The van der Waals surface area contributed by atoms with Crippen LogP contribution in [0.15, 0.2) is 54.6 Å². The highest BCUT2D eigenvalue weighted by Gasteiger charge is 2.43. The van der Waals surface area contributed by atoms with Crippen LogP contribution in [-0.4, -0.2) is 90.1 Å². The van der Waals surface area contributed by atoms with Crippen molar-refractivity contribution in [3.8, 4) is 5.75 Å². The highest BCUT2D eigenvalue weighted by atomic mass is 32.1. The fraction of sp³-hybridized carbons (Fsp3) is 0.464. The third kappa shape index (κ3) is 6.85. The van der Waals surface area contributed by atoms with Crippen LogP contribution in [0.3, 0.4) is 0 Å². The zero-order valence-electron chi connectivity index (χ0n) is 21.8. The highest BCUT2D eigenvalue weighted by Crippen LogP contribution is 2.27. The number of carbonyl (C=O) groups excluding carboxylic acids is 2. The second-order valence-corrected chi connectivity index (χ2v) is 9.71. The van der Waals surface area contributed by atoms with Crippen molar-refractivity contribution in [1.29, 1.82) is 0 Å². The molecule has 1 N–H and O–H groups in total. The van der Waals surface area contributed by atoms with Crippen LogP contribution in [0.2, 0.25) is 0 Å². The number of amides is 2. The number of rotatable bonds is 11. The molecule has 1 atom stereocenters. The third-order valence-electron chi connectivity index (χ3n) is 6.95. The SMILES string of the molecule is CCOc1ccc(NC(=O)CC2C(=O)N(c3ccccc3)C(=S)N2CCCN2CCN(CC)CC2)cc1. The Balaban J connectivity index is 1.41. The number of carbonyl (C=O) groups is 2. The third-order valence-corrected chi connectivity index (χ3v) is 7.36. The van der Waals surface area contributed by atoms with Crippen LogP contribution in [0.25, 0.3) is 0 Å². The Morgan fingerprint density at radius 1 is 0.973 bits per heavy atom. The van der Waals surface area contributed by atoms with Gasteiger partial charge in [-0.05, 0) is 75.1 Å². The quantitative estimate of drug-likeness (QED) is 0.453. The summed E-state index contributed by atoms with van der Waals surface area (Å²) in [7, 11) is 0. The maximum atomic E-state index is 13.5. The van der Waals surface area contributed by atoms with E-state index in [1.165, 1.54) is 0 Å². The molecule has 37 heavy (non-hydrogen) atoms. The predicted molar refractivity (Wildman–Crippen MR) is 151 cm³/mol. The first-order chi connectivity index (χ1) is 18.0. The van der Waals surface area contributed by atoms with Gasteiger partial charge >= 0.3 is 0 Å². The summed E-state index contributed by atoms with van der Waals surface area (Å²) < 4.78 is 5.47. The van der Waals surface area contributed by atoms with Gasteiger partial charge in [0, 0.05) is 38.4 Å². The van der Waals surface area contributed by atoms with E-state index < -0.39 is 6.04 Å². The number of hydrogen-bond acceptors (Lipinski definition) is 6. The number of para-hydroxylation sites is 1. The number of hydrogen-bond donors (Lipinski definition) is 1. The molecular formula is C28H37N5O3S. The Morgan fingerprint density at radius 2 is 1.65 bits per heavy atom. The van der Waals surface area contributed by atoms with Crippen LogP contribution in [0.4, 0.5) is 11.4 Å². The van der Waals surface area contributed by atoms with Crippen molar-refractivity contribution in [2.24, 2.45) is 0 Å². The Bertz CT molecular complexity index is 1060. The minimum atomic E-state index is -0.632. The van der Waals surface area contributed by atoms with Gasteiger partial charge in [-0.15, -0.1) is 0 Å². The first kappa shape index (κ1) is 27.0. The molecule has 198 valence electrons. The molecule has 0 bridgehead atoms. The average molecular weight is 524 g/mol. The van der Waals surface area contributed by atoms with Gasteiger partial charge < -0.3 is 24.8 Å². The number of likely N-dealkylation sites (N-methyl/N-ethyl adjacent to an activating group) is 1. The lowest BCUT2D eigenvalue weighted by Crippen LogP contribution is -2.47. The molecule has 2 aliphatic rings. The molecule has 2 fully saturated rings. The molecule has 2 aromatic carbocycles. The molecule has 2 aromatic rings. The highest BCUT2D eigenvalue weighted by molar-refractivity contribution is 7.80. The summed E-state index contributed by atoms with van der Waals surface area (Å²) in [6.45, 7) is 11.7. The second-order valence-electron chi connectivity index (χ2n) is 9.34. The molecule has 0 aliphatic carbocycles. The van der Waals surface area contributed by atoms with E-state index in [0.717, 1.165) is 57.1 Å². The number of anilines is 2. The molecule has 0 radical (unpaired) electrons. The van der Waals surface area contributed by atoms with Crippen LogP contribution in [-0.2, 0) is 9.59 Å². The molecule has 4 rings (SSSR count). The minimum absolute atomic E-state index is 0.0324. The summed E-state index contributed by atoms with van der Waals surface area (Å²) in [6, 6.07) is 16.0. The number of thiocarbonyl (C=S) groups is 1. The Hall–Kier alpha value is -3.01. The van der Waals surface area contributed by atoms with Gasteiger partial charge in [-0.1, -0.05) is 25.1 Å². The lowest BCUT2D eigenvalue weighted by atomic mass is 10.1. The molecule has 2 saturated heterocycles.